The Morgan fingerprint density at radius 2 is 1.33 bits per heavy atom. The molecule has 0 spiro atoms. The van der Waals surface area contributed by atoms with Gasteiger partial charge in [-0.05, 0) is 39.7 Å². The zero-order valence-electron chi connectivity index (χ0n) is 14.4. The van der Waals surface area contributed by atoms with Gasteiger partial charge in [0.05, 0.1) is 40.0 Å². The van der Waals surface area contributed by atoms with E-state index in [9.17, 15) is 0 Å². The zero-order chi connectivity index (χ0) is 17.7. The molecule has 0 amide bonds. The molecule has 0 heterocycles. The van der Waals surface area contributed by atoms with Gasteiger partial charge in [-0.1, -0.05) is 6.07 Å². The number of rotatable bonds is 7. The van der Waals surface area contributed by atoms with Gasteiger partial charge in [0.25, 0.3) is 0 Å². The van der Waals surface area contributed by atoms with Crippen LogP contribution in [0.2, 0.25) is 0 Å². The van der Waals surface area contributed by atoms with Crippen molar-refractivity contribution in [2.75, 3.05) is 35.5 Å². The Balaban J connectivity index is 2.48. The van der Waals surface area contributed by atoms with E-state index < -0.39 is 0 Å². The summed E-state index contributed by atoms with van der Waals surface area (Å²) in [4.78, 5) is 0. The highest BCUT2D eigenvalue weighted by atomic mass is 79.9. The first-order chi connectivity index (χ1) is 11.6. The molecule has 0 aliphatic heterocycles. The summed E-state index contributed by atoms with van der Waals surface area (Å²) in [5.74, 6) is 3.19. The van der Waals surface area contributed by atoms with Crippen molar-refractivity contribution in [3.8, 4) is 28.7 Å². The second kappa shape index (κ2) is 8.15. The lowest BCUT2D eigenvalue weighted by Crippen LogP contribution is -2.01. The smallest absolute Gasteiger partial charge is 0.204 e. The molecule has 0 unspecified atom stereocenters. The van der Waals surface area contributed by atoms with Crippen LogP contribution in [0, 0.1) is 0 Å². The Bertz CT molecular complexity index is 715. The van der Waals surface area contributed by atoms with Crippen molar-refractivity contribution in [3.05, 3.63) is 39.9 Å². The van der Waals surface area contributed by atoms with Crippen molar-refractivity contribution in [3.63, 3.8) is 0 Å². The van der Waals surface area contributed by atoms with Gasteiger partial charge in [0.2, 0.25) is 5.75 Å². The minimum absolute atomic E-state index is 0.560. The van der Waals surface area contributed by atoms with Crippen molar-refractivity contribution in [1.82, 2.24) is 0 Å². The van der Waals surface area contributed by atoms with Crippen molar-refractivity contribution < 1.29 is 23.7 Å². The van der Waals surface area contributed by atoms with E-state index in [0.717, 1.165) is 15.6 Å². The highest BCUT2D eigenvalue weighted by molar-refractivity contribution is 9.10. The lowest BCUT2D eigenvalue weighted by atomic mass is 10.0. The van der Waals surface area contributed by atoms with E-state index in [1.807, 2.05) is 24.3 Å². The lowest BCUT2D eigenvalue weighted by molar-refractivity contribution is 0.321. The number of ether oxygens (including phenoxy) is 5. The molecule has 0 aromatic heterocycles. The van der Waals surface area contributed by atoms with Crippen molar-refractivity contribution >= 4 is 15.9 Å². The van der Waals surface area contributed by atoms with Crippen molar-refractivity contribution in [1.29, 1.82) is 0 Å². The largest absolute Gasteiger partial charge is 0.493 e. The molecule has 0 saturated carbocycles. The molecule has 0 N–H and O–H groups in total. The van der Waals surface area contributed by atoms with Gasteiger partial charge in [-0.25, -0.2) is 0 Å². The Morgan fingerprint density at radius 1 is 0.708 bits per heavy atom. The average molecular weight is 397 g/mol. The summed E-state index contributed by atoms with van der Waals surface area (Å²) in [6.07, 6.45) is 0.641. The molecule has 0 saturated heterocycles. The summed E-state index contributed by atoms with van der Waals surface area (Å²) in [6.45, 7) is 0. The molecule has 0 atom stereocenters. The summed E-state index contributed by atoms with van der Waals surface area (Å²) in [5, 5.41) is 0. The quantitative estimate of drug-likeness (QED) is 0.705. The molecule has 2 rings (SSSR count). The summed E-state index contributed by atoms with van der Waals surface area (Å²) >= 11 is 3.52. The van der Waals surface area contributed by atoms with Gasteiger partial charge in [-0.2, -0.15) is 0 Å². The van der Waals surface area contributed by atoms with Gasteiger partial charge in [0.1, 0.15) is 0 Å². The maximum Gasteiger partial charge on any atom is 0.204 e. The highest BCUT2D eigenvalue weighted by Gasteiger charge is 2.20. The number of hydrogen-bond acceptors (Lipinski definition) is 5. The second-order valence-corrected chi connectivity index (χ2v) is 5.84. The Morgan fingerprint density at radius 3 is 1.88 bits per heavy atom. The van der Waals surface area contributed by atoms with Crippen LogP contribution in [0.25, 0.3) is 0 Å². The van der Waals surface area contributed by atoms with Crippen LogP contribution in [-0.4, -0.2) is 35.5 Å². The maximum atomic E-state index is 5.56. The SMILES string of the molecule is COc1ccc(Cc2cc(Br)c(OC)c(OC)c2OC)cc1OC. The monoisotopic (exact) mass is 396 g/mol. The summed E-state index contributed by atoms with van der Waals surface area (Å²) in [7, 11) is 8.04. The predicted octanol–water partition coefficient (Wildman–Crippen LogP) is 4.08. The number of methoxy groups -OCH3 is 5. The van der Waals surface area contributed by atoms with Gasteiger partial charge >= 0.3 is 0 Å². The predicted molar refractivity (Wildman–Crippen MR) is 96.2 cm³/mol. The van der Waals surface area contributed by atoms with Gasteiger partial charge < -0.3 is 23.7 Å². The van der Waals surface area contributed by atoms with Crippen LogP contribution >= 0.6 is 15.9 Å². The third-order valence-corrected chi connectivity index (χ3v) is 4.27. The minimum Gasteiger partial charge on any atom is -0.493 e. The standard InChI is InChI=1S/C18H21BrO5/c1-20-14-7-6-11(9-15(14)21-2)8-12-10-13(19)17(23-4)18(24-5)16(12)22-3/h6-7,9-10H,8H2,1-5H3. The van der Waals surface area contributed by atoms with E-state index in [0.29, 0.717) is 35.2 Å². The van der Waals surface area contributed by atoms with E-state index in [1.54, 1.807) is 35.5 Å². The molecular weight excluding hydrogens is 376 g/mol. The lowest BCUT2D eigenvalue weighted by Gasteiger charge is -2.18. The Hall–Kier alpha value is -2.08. The molecule has 130 valence electrons. The van der Waals surface area contributed by atoms with E-state index in [2.05, 4.69) is 15.9 Å². The fourth-order valence-electron chi connectivity index (χ4n) is 2.58. The van der Waals surface area contributed by atoms with Crippen molar-refractivity contribution in [2.24, 2.45) is 0 Å². The molecule has 0 fully saturated rings. The topological polar surface area (TPSA) is 46.2 Å². The van der Waals surface area contributed by atoms with Crippen LogP contribution in [0.3, 0.4) is 0 Å². The first-order valence-electron chi connectivity index (χ1n) is 7.27. The molecule has 0 aliphatic carbocycles. The van der Waals surface area contributed by atoms with Gasteiger partial charge in [-0.15, -0.1) is 0 Å². The van der Waals surface area contributed by atoms with Gasteiger partial charge in [0.15, 0.2) is 23.0 Å². The molecule has 2 aromatic rings. The third-order valence-electron chi connectivity index (χ3n) is 3.68. The average Bonchev–Trinajstić information content (AvgIpc) is 2.60. The minimum atomic E-state index is 0.560. The van der Waals surface area contributed by atoms with E-state index in [-0.39, 0.29) is 0 Å². The van der Waals surface area contributed by atoms with Crippen LogP contribution in [-0.2, 0) is 6.42 Å². The molecule has 0 aliphatic rings. The van der Waals surface area contributed by atoms with E-state index in [1.165, 1.54) is 0 Å². The first-order valence-corrected chi connectivity index (χ1v) is 8.07. The van der Waals surface area contributed by atoms with Crippen LogP contribution in [0.1, 0.15) is 11.1 Å². The highest BCUT2D eigenvalue weighted by Crippen LogP contribution is 2.45. The summed E-state index contributed by atoms with van der Waals surface area (Å²) < 4.78 is 27.9. The summed E-state index contributed by atoms with van der Waals surface area (Å²) in [6, 6.07) is 7.79. The molecule has 0 radical (unpaired) electrons. The van der Waals surface area contributed by atoms with Gasteiger partial charge in [0, 0.05) is 12.0 Å². The first kappa shape index (κ1) is 18.3. The molecule has 0 bridgehead atoms. The number of hydrogen-bond donors (Lipinski definition) is 0. The van der Waals surface area contributed by atoms with Crippen LogP contribution in [0.5, 0.6) is 28.7 Å². The molecule has 6 heteroatoms. The van der Waals surface area contributed by atoms with Crippen molar-refractivity contribution in [2.45, 2.75) is 6.42 Å². The fraction of sp³-hybridized carbons (Fsp3) is 0.333. The zero-order valence-corrected chi connectivity index (χ0v) is 16.0. The van der Waals surface area contributed by atoms with Crippen LogP contribution < -0.4 is 23.7 Å². The Labute approximate surface area is 150 Å². The van der Waals surface area contributed by atoms with E-state index >= 15 is 0 Å². The molecule has 5 nitrogen and oxygen atoms in total. The molecule has 24 heavy (non-hydrogen) atoms. The number of benzene rings is 2. The van der Waals surface area contributed by atoms with Gasteiger partial charge in [-0.3, -0.25) is 0 Å². The number of halogens is 1. The second-order valence-electron chi connectivity index (χ2n) is 4.98. The fourth-order valence-corrected chi connectivity index (χ4v) is 3.20. The summed E-state index contributed by atoms with van der Waals surface area (Å²) in [5.41, 5.74) is 2.03. The normalized spacial score (nSPS) is 10.2. The maximum absolute atomic E-state index is 5.56. The molecule has 2 aromatic carbocycles. The van der Waals surface area contributed by atoms with Crippen LogP contribution in [0.4, 0.5) is 0 Å². The van der Waals surface area contributed by atoms with Crippen LogP contribution in [0.15, 0.2) is 28.7 Å². The third kappa shape index (κ3) is 3.53. The Kier molecular flexibility index (Phi) is 6.20. The molecular formula is C18H21BrO5. The van der Waals surface area contributed by atoms with E-state index in [4.69, 9.17) is 23.7 Å².